The second-order valence-corrected chi connectivity index (χ2v) is 7.82. The predicted molar refractivity (Wildman–Crippen MR) is 105 cm³/mol. The lowest BCUT2D eigenvalue weighted by molar-refractivity contribution is -0.485. The van der Waals surface area contributed by atoms with Crippen molar-refractivity contribution in [2.45, 2.75) is 51.8 Å². The molecule has 0 saturated carbocycles. The molecule has 1 heterocycles. The van der Waals surface area contributed by atoms with Crippen LogP contribution in [0.25, 0.3) is 0 Å². The van der Waals surface area contributed by atoms with E-state index >= 15 is 0 Å². The monoisotopic (exact) mass is 414 g/mol. The van der Waals surface area contributed by atoms with Gasteiger partial charge in [0.15, 0.2) is 5.03 Å². The summed E-state index contributed by atoms with van der Waals surface area (Å²) in [5.41, 5.74) is 4.64. The number of guanidine groups is 1. The van der Waals surface area contributed by atoms with Crippen LogP contribution in [0, 0.1) is 10.1 Å². The molecule has 12 heteroatoms. The standard InChI is InChI=1S/C16H26N6O5S/c1-16(2,3)27-15(24)20-12(7-4-8-18-14(17)21-22(25)26)13(23)19-10-11-6-5-9-28-11/h5-6,9,12H,4,7-8,10H2,1-3H3,(H,19,23)(H,20,24)(H3,17,18,21)/t12-/m1/s1. The Bertz CT molecular complexity index is 686. The van der Waals surface area contributed by atoms with Crippen molar-refractivity contribution in [3.05, 3.63) is 32.5 Å². The second kappa shape index (κ2) is 11.1. The molecule has 1 aromatic heterocycles. The Hall–Kier alpha value is -2.89. The van der Waals surface area contributed by atoms with Crippen LogP contribution < -0.4 is 21.7 Å². The number of nitro groups is 1. The van der Waals surface area contributed by atoms with Gasteiger partial charge in [0, 0.05) is 11.4 Å². The number of ether oxygens (including phenoxy) is 1. The van der Waals surface area contributed by atoms with Crippen LogP contribution in [0.15, 0.2) is 22.6 Å². The minimum absolute atomic E-state index is 0.244. The molecule has 0 radical (unpaired) electrons. The van der Waals surface area contributed by atoms with Gasteiger partial charge in [-0.25, -0.2) is 14.9 Å². The van der Waals surface area contributed by atoms with E-state index in [-0.39, 0.29) is 24.8 Å². The molecule has 1 rings (SSSR count). The van der Waals surface area contributed by atoms with Gasteiger partial charge >= 0.3 is 6.09 Å². The zero-order chi connectivity index (χ0) is 21.2. The Morgan fingerprint density at radius 1 is 1.39 bits per heavy atom. The van der Waals surface area contributed by atoms with Crippen LogP contribution in [0.3, 0.4) is 0 Å². The number of hydrogen-bond donors (Lipinski definition) is 4. The number of hydrazone groups is 1. The summed E-state index contributed by atoms with van der Waals surface area (Å²) in [5, 5.41) is 22.0. The highest BCUT2D eigenvalue weighted by Gasteiger charge is 2.24. The van der Waals surface area contributed by atoms with Gasteiger partial charge in [0.05, 0.1) is 6.54 Å². The molecule has 28 heavy (non-hydrogen) atoms. The average Bonchev–Trinajstić information content (AvgIpc) is 3.06. The van der Waals surface area contributed by atoms with E-state index in [2.05, 4.69) is 21.1 Å². The molecule has 0 spiro atoms. The van der Waals surface area contributed by atoms with Crippen molar-refractivity contribution in [3.63, 3.8) is 0 Å². The molecule has 0 aliphatic rings. The van der Waals surface area contributed by atoms with Gasteiger partial charge in [-0.3, -0.25) is 4.79 Å². The highest BCUT2D eigenvalue weighted by Crippen LogP contribution is 2.09. The highest BCUT2D eigenvalue weighted by atomic mass is 32.1. The zero-order valence-electron chi connectivity index (χ0n) is 16.1. The van der Waals surface area contributed by atoms with E-state index in [1.54, 1.807) is 20.8 Å². The van der Waals surface area contributed by atoms with E-state index in [4.69, 9.17) is 10.5 Å². The third-order valence-electron chi connectivity index (χ3n) is 3.19. The third kappa shape index (κ3) is 10.3. The molecule has 1 atom stereocenters. The summed E-state index contributed by atoms with van der Waals surface area (Å²) in [6.45, 7) is 5.76. The van der Waals surface area contributed by atoms with Crippen molar-refractivity contribution in [3.8, 4) is 0 Å². The van der Waals surface area contributed by atoms with Crippen molar-refractivity contribution >= 4 is 29.3 Å². The molecule has 0 saturated heterocycles. The maximum absolute atomic E-state index is 12.5. The molecule has 0 bridgehead atoms. The van der Waals surface area contributed by atoms with E-state index in [0.29, 0.717) is 13.0 Å². The number of alkyl carbamates (subject to hydrolysis) is 1. The molecule has 2 amide bonds. The van der Waals surface area contributed by atoms with Crippen molar-refractivity contribution in [1.29, 1.82) is 0 Å². The van der Waals surface area contributed by atoms with Crippen LogP contribution in [0.2, 0.25) is 0 Å². The van der Waals surface area contributed by atoms with Gasteiger partial charge in [-0.1, -0.05) is 6.07 Å². The van der Waals surface area contributed by atoms with Crippen LogP contribution in [-0.4, -0.2) is 41.2 Å². The minimum atomic E-state index is -0.910. The van der Waals surface area contributed by atoms with Gasteiger partial charge in [0.2, 0.25) is 5.91 Å². The SMILES string of the molecule is CC(C)(C)OC(=O)N[C@H](CCCN/C(N)=N\[N+](=O)[O-])C(=O)NCc1cccs1. The highest BCUT2D eigenvalue weighted by molar-refractivity contribution is 7.09. The Kier molecular flexibility index (Phi) is 9.15. The first-order valence-electron chi connectivity index (χ1n) is 8.59. The van der Waals surface area contributed by atoms with Crippen molar-refractivity contribution in [2.24, 2.45) is 10.8 Å². The van der Waals surface area contributed by atoms with Gasteiger partial charge in [-0.15, -0.1) is 11.3 Å². The maximum Gasteiger partial charge on any atom is 0.408 e. The first kappa shape index (κ1) is 23.1. The van der Waals surface area contributed by atoms with Crippen molar-refractivity contribution in [2.75, 3.05) is 6.54 Å². The number of rotatable bonds is 9. The smallest absolute Gasteiger partial charge is 0.408 e. The summed E-state index contributed by atoms with van der Waals surface area (Å²) in [7, 11) is 0. The van der Waals surface area contributed by atoms with Gasteiger partial charge < -0.3 is 26.4 Å². The van der Waals surface area contributed by atoms with E-state index < -0.39 is 22.8 Å². The van der Waals surface area contributed by atoms with Crippen LogP contribution in [-0.2, 0) is 16.1 Å². The van der Waals surface area contributed by atoms with Crippen molar-refractivity contribution < 1.29 is 19.4 Å². The van der Waals surface area contributed by atoms with Crippen molar-refractivity contribution in [1.82, 2.24) is 16.0 Å². The normalized spacial score (nSPS) is 12.8. The maximum atomic E-state index is 12.5. The van der Waals surface area contributed by atoms with Gasteiger partial charge in [-0.05, 0) is 45.1 Å². The number of nitrogens with zero attached hydrogens (tertiary/aromatic N) is 2. The Morgan fingerprint density at radius 2 is 2.11 bits per heavy atom. The summed E-state index contributed by atoms with van der Waals surface area (Å²) in [6.07, 6.45) is -0.0270. The molecule has 1 aromatic rings. The zero-order valence-corrected chi connectivity index (χ0v) is 16.9. The van der Waals surface area contributed by atoms with Gasteiger partial charge in [0.25, 0.3) is 5.96 Å². The molecule has 0 aromatic carbocycles. The molecule has 11 nitrogen and oxygen atoms in total. The van der Waals surface area contributed by atoms with E-state index in [1.807, 2.05) is 17.5 Å². The third-order valence-corrected chi connectivity index (χ3v) is 4.07. The number of amides is 2. The van der Waals surface area contributed by atoms with Gasteiger partial charge in [-0.2, -0.15) is 0 Å². The Labute approximate surface area is 166 Å². The first-order valence-corrected chi connectivity index (χ1v) is 9.47. The molecular weight excluding hydrogens is 388 g/mol. The fourth-order valence-corrected chi connectivity index (χ4v) is 2.72. The largest absolute Gasteiger partial charge is 0.444 e. The average molecular weight is 414 g/mol. The number of nitrogens with one attached hydrogen (secondary N) is 3. The summed E-state index contributed by atoms with van der Waals surface area (Å²) in [5.74, 6) is -0.685. The van der Waals surface area contributed by atoms with Crippen LogP contribution in [0.4, 0.5) is 4.79 Å². The van der Waals surface area contributed by atoms with Gasteiger partial charge in [0.1, 0.15) is 16.7 Å². The predicted octanol–water partition coefficient (Wildman–Crippen LogP) is 1.13. The van der Waals surface area contributed by atoms with E-state index in [0.717, 1.165) is 4.88 Å². The molecule has 0 aliphatic heterocycles. The topological polar surface area (TPSA) is 161 Å². The quantitative estimate of drug-likeness (QED) is 0.155. The number of carbonyl (C=O) groups excluding carboxylic acids is 2. The number of carbonyl (C=O) groups is 2. The Morgan fingerprint density at radius 3 is 2.68 bits per heavy atom. The minimum Gasteiger partial charge on any atom is -0.444 e. The molecule has 0 aliphatic carbocycles. The van der Waals surface area contributed by atoms with E-state index in [1.165, 1.54) is 11.3 Å². The molecule has 0 unspecified atom stereocenters. The van der Waals surface area contributed by atoms with Crippen LogP contribution in [0.5, 0.6) is 0 Å². The Balaban J connectivity index is 2.59. The summed E-state index contributed by atoms with van der Waals surface area (Å²) >= 11 is 1.51. The van der Waals surface area contributed by atoms with Crippen LogP contribution >= 0.6 is 11.3 Å². The molecular formula is C16H26N6O5S. The second-order valence-electron chi connectivity index (χ2n) is 6.79. The first-order chi connectivity index (χ1) is 13.1. The lowest BCUT2D eigenvalue weighted by Gasteiger charge is -2.23. The number of hydrogen-bond acceptors (Lipinski definition) is 6. The lowest BCUT2D eigenvalue weighted by Crippen LogP contribution is -2.48. The summed E-state index contributed by atoms with van der Waals surface area (Å²) in [6, 6.07) is 2.94. The fraction of sp³-hybridized carbons (Fsp3) is 0.562. The number of nitrogens with two attached hydrogens (primary N) is 1. The van der Waals surface area contributed by atoms with Crippen LogP contribution in [0.1, 0.15) is 38.5 Å². The fourth-order valence-electron chi connectivity index (χ4n) is 2.08. The molecule has 156 valence electrons. The summed E-state index contributed by atoms with van der Waals surface area (Å²) in [4.78, 5) is 35.7. The molecule has 0 fully saturated rings. The van der Waals surface area contributed by atoms with E-state index in [9.17, 15) is 19.7 Å². The summed E-state index contributed by atoms with van der Waals surface area (Å²) < 4.78 is 5.20. The lowest BCUT2D eigenvalue weighted by atomic mass is 10.1. The molecule has 5 N–H and O–H groups in total. The number of thiophene rings is 1.